The number of benzene rings is 2. The number of rotatable bonds is 6. The quantitative estimate of drug-likeness (QED) is 0.444. The van der Waals surface area contributed by atoms with Crippen molar-refractivity contribution in [2.45, 2.75) is 26.3 Å². The van der Waals surface area contributed by atoms with Crippen molar-refractivity contribution in [1.29, 1.82) is 0 Å². The number of hydrogen-bond donors (Lipinski definition) is 0. The van der Waals surface area contributed by atoms with Gasteiger partial charge < -0.3 is 4.90 Å². The van der Waals surface area contributed by atoms with Gasteiger partial charge in [-0.2, -0.15) is 5.10 Å². The number of carbonyl (C=O) groups excluding carboxylic acids is 1. The lowest BCUT2D eigenvalue weighted by Crippen LogP contribution is -2.30. The summed E-state index contributed by atoms with van der Waals surface area (Å²) in [5.41, 5.74) is 3.49. The molecule has 31 heavy (non-hydrogen) atoms. The monoisotopic (exact) mass is 435 g/mol. The zero-order valence-corrected chi connectivity index (χ0v) is 18.3. The van der Waals surface area contributed by atoms with E-state index in [-0.39, 0.29) is 24.2 Å². The number of aromatic nitrogens is 4. The summed E-state index contributed by atoms with van der Waals surface area (Å²) in [6.45, 7) is 3.91. The Balaban J connectivity index is 1.49. The first-order valence-corrected chi connectivity index (χ1v) is 10.7. The largest absolute Gasteiger partial charge is 0.339 e. The van der Waals surface area contributed by atoms with Gasteiger partial charge in [-0.05, 0) is 55.8 Å². The molecule has 4 rings (SSSR count). The molecule has 0 radical (unpaired) electrons. The van der Waals surface area contributed by atoms with Gasteiger partial charge in [-0.25, -0.2) is 19.0 Å². The van der Waals surface area contributed by atoms with Crippen LogP contribution in [0.3, 0.4) is 0 Å². The van der Waals surface area contributed by atoms with Crippen LogP contribution < -0.4 is 0 Å². The Kier molecular flexibility index (Phi) is 5.90. The van der Waals surface area contributed by atoms with Gasteiger partial charge in [-0.15, -0.1) is 11.3 Å². The Hall–Kier alpha value is -3.39. The zero-order valence-electron chi connectivity index (χ0n) is 17.5. The topological polar surface area (TPSA) is 63.9 Å². The summed E-state index contributed by atoms with van der Waals surface area (Å²) in [5, 5.41) is 5.00. The van der Waals surface area contributed by atoms with Crippen LogP contribution in [0.15, 0.2) is 61.2 Å². The number of halogens is 1. The lowest BCUT2D eigenvalue weighted by atomic mass is 10.1. The molecule has 2 heterocycles. The van der Waals surface area contributed by atoms with E-state index in [0.717, 1.165) is 32.4 Å². The summed E-state index contributed by atoms with van der Waals surface area (Å²) in [7, 11) is 1.81. The molecule has 0 saturated heterocycles. The fourth-order valence-corrected chi connectivity index (χ4v) is 4.32. The molecule has 0 aliphatic rings. The maximum atomic E-state index is 13.3. The molecule has 0 spiro atoms. The van der Waals surface area contributed by atoms with Crippen molar-refractivity contribution in [1.82, 2.24) is 24.6 Å². The number of carbonyl (C=O) groups is 1. The molecule has 6 nitrogen and oxygen atoms in total. The van der Waals surface area contributed by atoms with Gasteiger partial charge >= 0.3 is 0 Å². The maximum absolute atomic E-state index is 13.3. The number of likely N-dealkylation sites (N-methyl/N-ethyl adjacent to an activating group) is 1. The first kappa shape index (κ1) is 20.9. The molecule has 0 unspecified atom stereocenters. The van der Waals surface area contributed by atoms with Gasteiger partial charge in [-0.3, -0.25) is 4.79 Å². The summed E-state index contributed by atoms with van der Waals surface area (Å²) < 4.78 is 15.0. The van der Waals surface area contributed by atoms with Crippen LogP contribution in [0.25, 0.3) is 16.9 Å². The van der Waals surface area contributed by atoms with Crippen molar-refractivity contribution in [3.8, 4) is 16.9 Å². The third-order valence-electron chi connectivity index (χ3n) is 5.27. The molecule has 0 bridgehead atoms. The fourth-order valence-electron chi connectivity index (χ4n) is 3.37. The summed E-state index contributed by atoms with van der Waals surface area (Å²) in [5.74, 6) is -0.295. The minimum absolute atomic E-state index is 0.000126. The average Bonchev–Trinajstić information content (AvgIpc) is 3.43. The van der Waals surface area contributed by atoms with Gasteiger partial charge in [0.15, 0.2) is 0 Å². The van der Waals surface area contributed by atoms with Gasteiger partial charge in [0.25, 0.3) is 0 Å². The number of hydrogen-bond acceptors (Lipinski definition) is 5. The molecule has 158 valence electrons. The normalized spacial score (nSPS) is 12.0. The Labute approximate surface area is 184 Å². The standard InChI is InChI=1S/C23H22FN5OS/c1-15(17-6-10-20(11-7-17)29-14-25-13-26-29)28(3)22(30)12-21-23(27-16(2)31-21)18-4-8-19(24)9-5-18/h4-11,13-15H,12H2,1-3H3/t15-/m1/s1. The average molecular weight is 436 g/mol. The zero-order chi connectivity index (χ0) is 22.0. The molecular formula is C23H22FN5OS. The van der Waals surface area contributed by atoms with Crippen molar-refractivity contribution in [3.05, 3.63) is 82.5 Å². The summed E-state index contributed by atoms with van der Waals surface area (Å²) >= 11 is 1.50. The fraction of sp³-hybridized carbons (Fsp3) is 0.217. The van der Waals surface area contributed by atoms with E-state index in [1.807, 2.05) is 45.2 Å². The predicted octanol–water partition coefficient (Wildman–Crippen LogP) is 4.60. The van der Waals surface area contributed by atoms with Crippen LogP contribution >= 0.6 is 11.3 Å². The molecule has 0 N–H and O–H groups in total. The molecule has 1 atom stereocenters. The van der Waals surface area contributed by atoms with Crippen LogP contribution in [0.4, 0.5) is 4.39 Å². The van der Waals surface area contributed by atoms with Crippen LogP contribution in [0.1, 0.15) is 28.4 Å². The Bertz CT molecular complexity index is 1170. The predicted molar refractivity (Wildman–Crippen MR) is 118 cm³/mol. The van der Waals surface area contributed by atoms with Crippen LogP contribution in [0, 0.1) is 12.7 Å². The van der Waals surface area contributed by atoms with Crippen molar-refractivity contribution >= 4 is 17.2 Å². The molecule has 0 aliphatic carbocycles. The number of amides is 1. The van der Waals surface area contributed by atoms with E-state index in [1.165, 1.54) is 29.8 Å². The summed E-state index contributed by atoms with van der Waals surface area (Å²) in [4.78, 5) is 24.2. The highest BCUT2D eigenvalue weighted by atomic mass is 32.1. The highest BCUT2D eigenvalue weighted by Gasteiger charge is 2.21. The van der Waals surface area contributed by atoms with E-state index >= 15 is 0 Å². The Morgan fingerprint density at radius 1 is 1.16 bits per heavy atom. The molecule has 0 fully saturated rings. The van der Waals surface area contributed by atoms with Crippen molar-refractivity contribution in [2.24, 2.45) is 0 Å². The number of aryl methyl sites for hydroxylation is 1. The van der Waals surface area contributed by atoms with E-state index < -0.39 is 0 Å². The van der Waals surface area contributed by atoms with Crippen molar-refractivity contribution < 1.29 is 9.18 Å². The van der Waals surface area contributed by atoms with Gasteiger partial charge in [0, 0.05) is 17.5 Å². The van der Waals surface area contributed by atoms with E-state index in [0.29, 0.717) is 0 Å². The van der Waals surface area contributed by atoms with Gasteiger partial charge in [0.05, 0.1) is 28.9 Å². The highest BCUT2D eigenvalue weighted by Crippen LogP contribution is 2.30. The lowest BCUT2D eigenvalue weighted by Gasteiger charge is -2.25. The second-order valence-corrected chi connectivity index (χ2v) is 8.59. The molecule has 1 amide bonds. The van der Waals surface area contributed by atoms with Gasteiger partial charge in [-0.1, -0.05) is 12.1 Å². The molecule has 2 aromatic heterocycles. The molecule has 0 aliphatic heterocycles. The lowest BCUT2D eigenvalue weighted by molar-refractivity contribution is -0.131. The minimum Gasteiger partial charge on any atom is -0.339 e. The third-order valence-corrected chi connectivity index (χ3v) is 6.24. The second-order valence-electron chi connectivity index (χ2n) is 7.30. The first-order valence-electron chi connectivity index (χ1n) is 9.85. The van der Waals surface area contributed by atoms with Gasteiger partial charge in [0.2, 0.25) is 5.91 Å². The van der Waals surface area contributed by atoms with E-state index in [9.17, 15) is 9.18 Å². The van der Waals surface area contributed by atoms with Crippen molar-refractivity contribution in [3.63, 3.8) is 0 Å². The van der Waals surface area contributed by atoms with E-state index in [2.05, 4.69) is 15.1 Å². The van der Waals surface area contributed by atoms with Crippen LogP contribution in [-0.4, -0.2) is 37.6 Å². The molecule has 0 saturated carbocycles. The van der Waals surface area contributed by atoms with E-state index in [4.69, 9.17) is 0 Å². The SMILES string of the molecule is Cc1nc(-c2ccc(F)cc2)c(CC(=O)N(C)[C@H](C)c2ccc(-n3cncn3)cc2)s1. The second kappa shape index (κ2) is 8.77. The maximum Gasteiger partial charge on any atom is 0.228 e. The number of thiazole rings is 1. The molecule has 4 aromatic rings. The minimum atomic E-state index is -0.295. The highest BCUT2D eigenvalue weighted by molar-refractivity contribution is 7.12. The number of nitrogens with zero attached hydrogens (tertiary/aromatic N) is 5. The summed E-state index contributed by atoms with van der Waals surface area (Å²) in [6.07, 6.45) is 3.38. The Morgan fingerprint density at radius 3 is 2.52 bits per heavy atom. The van der Waals surface area contributed by atoms with Crippen LogP contribution in [0.5, 0.6) is 0 Å². The van der Waals surface area contributed by atoms with Crippen LogP contribution in [-0.2, 0) is 11.2 Å². The third kappa shape index (κ3) is 4.54. The van der Waals surface area contributed by atoms with Crippen LogP contribution in [0.2, 0.25) is 0 Å². The first-order chi connectivity index (χ1) is 14.9. The smallest absolute Gasteiger partial charge is 0.228 e. The summed E-state index contributed by atoms with van der Waals surface area (Å²) in [6, 6.07) is 14.0. The van der Waals surface area contributed by atoms with Crippen molar-refractivity contribution in [2.75, 3.05) is 7.05 Å². The Morgan fingerprint density at radius 2 is 1.87 bits per heavy atom. The molecule has 8 heteroatoms. The molecular weight excluding hydrogens is 413 g/mol. The van der Waals surface area contributed by atoms with Gasteiger partial charge in [0.1, 0.15) is 18.5 Å². The van der Waals surface area contributed by atoms with E-state index in [1.54, 1.807) is 28.0 Å². The molecule has 2 aromatic carbocycles.